The van der Waals surface area contributed by atoms with Crippen LogP contribution in [-0.2, 0) is 29.1 Å². The van der Waals surface area contributed by atoms with Crippen LogP contribution in [0.25, 0.3) is 10.2 Å². The van der Waals surface area contributed by atoms with Crippen LogP contribution in [0.2, 0.25) is 0 Å². The Kier molecular flexibility index (Phi) is 5.50. The molecule has 6 nitrogen and oxygen atoms in total. The fourth-order valence-corrected chi connectivity index (χ4v) is 5.37. The highest BCUT2D eigenvalue weighted by molar-refractivity contribution is 7.99. The van der Waals surface area contributed by atoms with Gasteiger partial charge in [-0.1, -0.05) is 49.0 Å². The molecule has 3 aromatic rings. The van der Waals surface area contributed by atoms with Crippen molar-refractivity contribution >= 4 is 39.3 Å². The Morgan fingerprint density at radius 3 is 2.83 bits per heavy atom. The number of benzene rings is 1. The number of aromatic nitrogens is 2. The van der Waals surface area contributed by atoms with Gasteiger partial charge in [0, 0.05) is 11.3 Å². The Balaban J connectivity index is 1.87. The summed E-state index contributed by atoms with van der Waals surface area (Å²) in [6.45, 7) is 5.01. The Morgan fingerprint density at radius 1 is 1.38 bits per heavy atom. The number of carbonyl (C=O) groups is 1. The van der Waals surface area contributed by atoms with E-state index in [-0.39, 0.29) is 16.9 Å². The summed E-state index contributed by atoms with van der Waals surface area (Å²) in [4.78, 5) is 31.1. The van der Waals surface area contributed by atoms with Gasteiger partial charge in [0.2, 0.25) is 0 Å². The number of thiophene rings is 1. The molecule has 4 rings (SSSR count). The summed E-state index contributed by atoms with van der Waals surface area (Å²) >= 11 is 2.56. The maximum atomic E-state index is 13.6. The highest BCUT2D eigenvalue weighted by atomic mass is 32.2. The molecule has 0 fully saturated rings. The third-order valence-corrected chi connectivity index (χ3v) is 7.38. The molecule has 29 heavy (non-hydrogen) atoms. The van der Waals surface area contributed by atoms with Gasteiger partial charge in [0.15, 0.2) is 5.16 Å². The third-order valence-electron chi connectivity index (χ3n) is 5.32. The number of nitrogens with zero attached hydrogens (tertiary/aromatic N) is 2. The van der Waals surface area contributed by atoms with E-state index < -0.39 is 5.97 Å². The zero-order chi connectivity index (χ0) is 20.6. The summed E-state index contributed by atoms with van der Waals surface area (Å²) in [6, 6.07) is 9.68. The van der Waals surface area contributed by atoms with E-state index in [4.69, 9.17) is 14.8 Å². The van der Waals surface area contributed by atoms with Crippen molar-refractivity contribution in [3.05, 3.63) is 56.7 Å². The number of hydrogen-bond donors (Lipinski definition) is 1. The molecule has 0 unspecified atom stereocenters. The van der Waals surface area contributed by atoms with Crippen molar-refractivity contribution in [1.29, 1.82) is 0 Å². The van der Waals surface area contributed by atoms with Crippen LogP contribution in [0.15, 0.2) is 40.3 Å². The van der Waals surface area contributed by atoms with E-state index in [2.05, 4.69) is 13.8 Å². The average Bonchev–Trinajstić information content (AvgIpc) is 3.07. The highest BCUT2D eigenvalue weighted by Gasteiger charge is 2.33. The molecule has 0 radical (unpaired) electrons. The first-order valence-electron chi connectivity index (χ1n) is 9.48. The number of rotatable bonds is 6. The standard InChI is InChI=1S/C21H22N2O4S2/c1-3-21(2)9-14-15(11-27-21)29-18-17(14)19(26)23(10-13-7-5-4-6-8-13)20(22-18)28-12-16(24)25/h4-8H,3,9-12H2,1-2H3,(H,24,25)/t21-/m0/s1. The molecule has 0 saturated heterocycles. The van der Waals surface area contributed by atoms with E-state index in [1.165, 1.54) is 11.3 Å². The van der Waals surface area contributed by atoms with Gasteiger partial charge < -0.3 is 9.84 Å². The molecule has 0 aliphatic carbocycles. The molecule has 0 spiro atoms. The second kappa shape index (κ2) is 7.93. The van der Waals surface area contributed by atoms with Crippen LogP contribution < -0.4 is 5.56 Å². The van der Waals surface area contributed by atoms with Crippen LogP contribution in [0.5, 0.6) is 0 Å². The molecular formula is C21H22N2O4S2. The summed E-state index contributed by atoms with van der Waals surface area (Å²) in [5.41, 5.74) is 1.62. The first kappa shape index (κ1) is 20.1. The second-order valence-corrected chi connectivity index (χ2v) is 9.43. The van der Waals surface area contributed by atoms with Crippen molar-refractivity contribution in [2.24, 2.45) is 0 Å². The number of fused-ring (bicyclic) bond motifs is 3. The first-order valence-corrected chi connectivity index (χ1v) is 11.3. The number of carboxylic acids is 1. The van der Waals surface area contributed by atoms with Gasteiger partial charge in [0.05, 0.1) is 29.9 Å². The highest BCUT2D eigenvalue weighted by Crippen LogP contribution is 2.38. The van der Waals surface area contributed by atoms with Gasteiger partial charge in [-0.15, -0.1) is 11.3 Å². The number of aliphatic carboxylic acids is 1. The molecule has 0 bridgehead atoms. The van der Waals surface area contributed by atoms with Crippen LogP contribution in [-0.4, -0.2) is 32.0 Å². The third kappa shape index (κ3) is 3.97. The molecule has 3 heterocycles. The van der Waals surface area contributed by atoms with Gasteiger partial charge in [-0.05, 0) is 24.5 Å². The topological polar surface area (TPSA) is 81.4 Å². The minimum Gasteiger partial charge on any atom is -0.481 e. The number of ether oxygens (including phenoxy) is 1. The molecule has 2 aromatic heterocycles. The van der Waals surface area contributed by atoms with Gasteiger partial charge in [-0.25, -0.2) is 4.98 Å². The van der Waals surface area contributed by atoms with E-state index in [0.29, 0.717) is 34.9 Å². The lowest BCUT2D eigenvalue weighted by Crippen LogP contribution is -2.34. The fourth-order valence-electron chi connectivity index (χ4n) is 3.50. The van der Waals surface area contributed by atoms with Gasteiger partial charge >= 0.3 is 5.97 Å². The Morgan fingerprint density at radius 2 is 2.14 bits per heavy atom. The first-order chi connectivity index (χ1) is 13.9. The van der Waals surface area contributed by atoms with Crippen LogP contribution in [0, 0.1) is 0 Å². The van der Waals surface area contributed by atoms with E-state index in [9.17, 15) is 9.59 Å². The monoisotopic (exact) mass is 430 g/mol. The molecule has 1 N–H and O–H groups in total. The van der Waals surface area contributed by atoms with Crippen LogP contribution in [0.1, 0.15) is 36.3 Å². The largest absolute Gasteiger partial charge is 0.481 e. The second-order valence-electron chi connectivity index (χ2n) is 7.41. The number of thioether (sulfide) groups is 1. The van der Waals surface area contributed by atoms with Crippen LogP contribution >= 0.6 is 23.1 Å². The minimum atomic E-state index is -0.937. The van der Waals surface area contributed by atoms with Crippen molar-refractivity contribution in [2.45, 2.75) is 50.6 Å². The Bertz CT molecular complexity index is 1120. The summed E-state index contributed by atoms with van der Waals surface area (Å²) in [7, 11) is 0. The van der Waals surface area contributed by atoms with Crippen molar-refractivity contribution in [3.8, 4) is 0 Å². The molecule has 1 atom stereocenters. The fraction of sp³-hybridized carbons (Fsp3) is 0.381. The van der Waals surface area contributed by atoms with E-state index in [1.54, 1.807) is 4.57 Å². The van der Waals surface area contributed by atoms with Gasteiger partial charge in [0.1, 0.15) is 4.83 Å². The normalized spacial score (nSPS) is 18.7. The molecule has 1 aromatic carbocycles. The van der Waals surface area contributed by atoms with Gasteiger partial charge in [-0.3, -0.25) is 14.2 Å². The lowest BCUT2D eigenvalue weighted by atomic mass is 9.90. The maximum absolute atomic E-state index is 13.6. The van der Waals surface area contributed by atoms with Gasteiger partial charge in [0.25, 0.3) is 5.56 Å². The molecule has 0 saturated carbocycles. The van der Waals surface area contributed by atoms with Crippen molar-refractivity contribution in [2.75, 3.05) is 5.75 Å². The minimum absolute atomic E-state index is 0.107. The van der Waals surface area contributed by atoms with Crippen molar-refractivity contribution in [1.82, 2.24) is 9.55 Å². The zero-order valence-electron chi connectivity index (χ0n) is 16.3. The summed E-state index contributed by atoms with van der Waals surface area (Å²) in [5.74, 6) is -1.08. The number of carboxylic acid groups (broad SMARTS) is 1. The van der Waals surface area contributed by atoms with Crippen molar-refractivity contribution < 1.29 is 14.6 Å². The molecular weight excluding hydrogens is 408 g/mol. The SMILES string of the molecule is CC[C@@]1(C)Cc2c(sc3nc(SCC(=O)O)n(Cc4ccccc4)c(=O)c23)CO1. The average molecular weight is 431 g/mol. The van der Waals surface area contributed by atoms with Gasteiger partial charge in [-0.2, -0.15) is 0 Å². The van der Waals surface area contributed by atoms with E-state index in [1.807, 2.05) is 30.3 Å². The quantitative estimate of drug-likeness (QED) is 0.471. The molecule has 1 aliphatic rings. The predicted molar refractivity (Wildman–Crippen MR) is 115 cm³/mol. The summed E-state index contributed by atoms with van der Waals surface area (Å²) in [5, 5.41) is 10.2. The lowest BCUT2D eigenvalue weighted by Gasteiger charge is -2.32. The Labute approximate surface area is 176 Å². The predicted octanol–water partition coefficient (Wildman–Crippen LogP) is 3.92. The molecule has 0 amide bonds. The Hall–Kier alpha value is -2.16. The van der Waals surface area contributed by atoms with Crippen LogP contribution in [0.4, 0.5) is 0 Å². The molecule has 8 heteroatoms. The van der Waals surface area contributed by atoms with E-state index in [0.717, 1.165) is 34.2 Å². The van der Waals surface area contributed by atoms with Crippen molar-refractivity contribution in [3.63, 3.8) is 0 Å². The lowest BCUT2D eigenvalue weighted by molar-refractivity contribution is -0.133. The van der Waals surface area contributed by atoms with E-state index >= 15 is 0 Å². The smallest absolute Gasteiger partial charge is 0.313 e. The summed E-state index contributed by atoms with van der Waals surface area (Å²) < 4.78 is 7.64. The van der Waals surface area contributed by atoms with Crippen LogP contribution in [0.3, 0.4) is 0 Å². The molecule has 1 aliphatic heterocycles. The summed E-state index contributed by atoms with van der Waals surface area (Å²) in [6.07, 6.45) is 1.55. The maximum Gasteiger partial charge on any atom is 0.313 e. The zero-order valence-corrected chi connectivity index (χ0v) is 17.9. The number of hydrogen-bond acceptors (Lipinski definition) is 6. The molecule has 152 valence electrons.